The number of halogens is 1. The van der Waals surface area contributed by atoms with Gasteiger partial charge in [0.25, 0.3) is 11.6 Å². The number of hydrogen-bond acceptors (Lipinski definition) is 4. The first-order chi connectivity index (χ1) is 9.54. The Labute approximate surface area is 129 Å². The van der Waals surface area contributed by atoms with Crippen LogP contribution in [0, 0.1) is 17.0 Å². The number of likely N-dealkylation sites (tertiary alicyclic amines) is 1. The molecule has 1 aliphatic heterocycles. The van der Waals surface area contributed by atoms with Crippen molar-refractivity contribution in [3.8, 4) is 0 Å². The molecule has 1 aliphatic rings. The summed E-state index contributed by atoms with van der Waals surface area (Å²) in [6.07, 6.45) is 2.99. The molecule has 0 aliphatic carbocycles. The summed E-state index contributed by atoms with van der Waals surface area (Å²) in [5.74, 6) is -0.0763. The first-order valence-corrected chi connectivity index (χ1v) is 6.80. The van der Waals surface area contributed by atoms with Gasteiger partial charge in [0.2, 0.25) is 0 Å². The minimum Gasteiger partial charge on any atom is -0.334 e. The number of amides is 1. The molecule has 1 heterocycles. The van der Waals surface area contributed by atoms with Crippen LogP contribution < -0.4 is 5.73 Å². The second-order valence-electron chi connectivity index (χ2n) is 5.14. The third kappa shape index (κ3) is 3.71. The Hall–Kier alpha value is -1.66. The van der Waals surface area contributed by atoms with Gasteiger partial charge in [-0.15, -0.1) is 12.4 Å². The molecule has 7 heteroatoms. The number of piperidine rings is 1. The number of aryl methyl sites for hydroxylation is 1. The highest BCUT2D eigenvalue weighted by molar-refractivity contribution is 5.96. The summed E-state index contributed by atoms with van der Waals surface area (Å²) < 4.78 is 0. The lowest BCUT2D eigenvalue weighted by atomic mass is 9.99. The van der Waals surface area contributed by atoms with E-state index < -0.39 is 4.92 Å². The average Bonchev–Trinajstić information content (AvgIpc) is 2.46. The van der Waals surface area contributed by atoms with Gasteiger partial charge in [-0.1, -0.05) is 0 Å². The maximum absolute atomic E-state index is 12.6. The molecule has 1 atom stereocenters. The molecule has 2 N–H and O–H groups in total. The van der Waals surface area contributed by atoms with Gasteiger partial charge in [0.15, 0.2) is 0 Å². The molecule has 0 radical (unpaired) electrons. The number of nitrogens with two attached hydrogens (primary N) is 1. The summed E-state index contributed by atoms with van der Waals surface area (Å²) in [7, 11) is 0. The number of nitro groups is 1. The van der Waals surface area contributed by atoms with E-state index in [1.165, 1.54) is 18.2 Å². The van der Waals surface area contributed by atoms with Crippen molar-refractivity contribution in [1.82, 2.24) is 4.90 Å². The van der Waals surface area contributed by atoms with Crippen molar-refractivity contribution in [2.45, 2.75) is 32.2 Å². The van der Waals surface area contributed by atoms with E-state index in [4.69, 9.17) is 5.73 Å². The smallest absolute Gasteiger partial charge is 0.269 e. The Morgan fingerprint density at radius 2 is 2.19 bits per heavy atom. The molecule has 6 nitrogen and oxygen atoms in total. The van der Waals surface area contributed by atoms with Crippen LogP contribution in [0.5, 0.6) is 0 Å². The van der Waals surface area contributed by atoms with Crippen molar-refractivity contribution in [2.75, 3.05) is 13.1 Å². The quantitative estimate of drug-likeness (QED) is 0.684. The van der Waals surface area contributed by atoms with Crippen molar-refractivity contribution in [1.29, 1.82) is 0 Å². The SMILES string of the molecule is Cc1cc([N+](=O)[O-])ccc1C(=O)N1CCCCC1CN.Cl. The zero-order valence-electron chi connectivity index (χ0n) is 11.9. The Morgan fingerprint density at radius 3 is 2.76 bits per heavy atom. The van der Waals surface area contributed by atoms with Crippen LogP contribution in [-0.4, -0.2) is 34.9 Å². The molecule has 0 aromatic heterocycles. The number of non-ortho nitro benzene ring substituents is 1. The molecule has 1 fully saturated rings. The first-order valence-electron chi connectivity index (χ1n) is 6.80. The normalized spacial score (nSPS) is 18.0. The Balaban J connectivity index is 0.00000220. The standard InChI is InChI=1S/C14H19N3O3.ClH/c1-10-8-11(17(19)20)5-6-13(10)14(18)16-7-3-2-4-12(16)9-15;/h5-6,8,12H,2-4,7,9,15H2,1H3;1H. The second-order valence-corrected chi connectivity index (χ2v) is 5.14. The highest BCUT2D eigenvalue weighted by atomic mass is 35.5. The molecule has 116 valence electrons. The molecule has 21 heavy (non-hydrogen) atoms. The van der Waals surface area contributed by atoms with E-state index in [1.54, 1.807) is 11.8 Å². The van der Waals surface area contributed by atoms with Gasteiger partial charge in [0, 0.05) is 36.8 Å². The van der Waals surface area contributed by atoms with Gasteiger partial charge in [-0.05, 0) is 37.8 Å². The van der Waals surface area contributed by atoms with E-state index in [0.717, 1.165) is 19.3 Å². The highest BCUT2D eigenvalue weighted by Crippen LogP contribution is 2.23. The summed E-state index contributed by atoms with van der Waals surface area (Å²) in [4.78, 5) is 24.6. The molecule has 1 unspecified atom stereocenters. The van der Waals surface area contributed by atoms with Crippen molar-refractivity contribution in [3.63, 3.8) is 0 Å². The van der Waals surface area contributed by atoms with Crippen molar-refractivity contribution < 1.29 is 9.72 Å². The van der Waals surface area contributed by atoms with Gasteiger partial charge in [-0.3, -0.25) is 14.9 Å². The molecule has 1 aromatic rings. The van der Waals surface area contributed by atoms with Gasteiger partial charge in [-0.2, -0.15) is 0 Å². The fraction of sp³-hybridized carbons (Fsp3) is 0.500. The van der Waals surface area contributed by atoms with Crippen LogP contribution in [0.2, 0.25) is 0 Å². The van der Waals surface area contributed by atoms with Gasteiger partial charge < -0.3 is 10.6 Å². The van der Waals surface area contributed by atoms with Crippen LogP contribution in [0.4, 0.5) is 5.69 Å². The van der Waals surface area contributed by atoms with Gasteiger partial charge in [0.1, 0.15) is 0 Å². The van der Waals surface area contributed by atoms with Crippen LogP contribution in [0.3, 0.4) is 0 Å². The van der Waals surface area contributed by atoms with Gasteiger partial charge >= 0.3 is 0 Å². The molecule has 0 spiro atoms. The van der Waals surface area contributed by atoms with E-state index >= 15 is 0 Å². The van der Waals surface area contributed by atoms with Crippen molar-refractivity contribution >= 4 is 24.0 Å². The van der Waals surface area contributed by atoms with Gasteiger partial charge in [-0.25, -0.2) is 0 Å². The summed E-state index contributed by atoms with van der Waals surface area (Å²) in [6.45, 7) is 2.89. The molecule has 2 rings (SSSR count). The van der Waals surface area contributed by atoms with Crippen LogP contribution >= 0.6 is 12.4 Å². The monoisotopic (exact) mass is 313 g/mol. The average molecular weight is 314 g/mol. The van der Waals surface area contributed by atoms with Crippen molar-refractivity contribution in [3.05, 3.63) is 39.4 Å². The molecule has 1 saturated heterocycles. The molecule has 0 bridgehead atoms. The molecular weight excluding hydrogens is 294 g/mol. The summed E-state index contributed by atoms with van der Waals surface area (Å²) in [6, 6.07) is 4.43. The van der Waals surface area contributed by atoms with E-state index in [9.17, 15) is 14.9 Å². The topological polar surface area (TPSA) is 89.5 Å². The van der Waals surface area contributed by atoms with Crippen LogP contribution in [-0.2, 0) is 0 Å². The molecular formula is C14H20ClN3O3. The largest absolute Gasteiger partial charge is 0.334 e. The number of nitrogens with zero attached hydrogens (tertiary/aromatic N) is 2. The maximum Gasteiger partial charge on any atom is 0.269 e. The predicted molar refractivity (Wildman–Crippen MR) is 82.8 cm³/mol. The van der Waals surface area contributed by atoms with Crippen molar-refractivity contribution in [2.24, 2.45) is 5.73 Å². The highest BCUT2D eigenvalue weighted by Gasteiger charge is 2.27. The predicted octanol–water partition coefficient (Wildman–Crippen LogP) is 2.28. The van der Waals surface area contributed by atoms with Gasteiger partial charge in [0.05, 0.1) is 4.92 Å². The summed E-state index contributed by atoms with van der Waals surface area (Å²) >= 11 is 0. The fourth-order valence-electron chi connectivity index (χ4n) is 2.67. The Kier molecular flexibility index (Phi) is 6.11. The lowest BCUT2D eigenvalue weighted by Crippen LogP contribution is -2.47. The summed E-state index contributed by atoms with van der Waals surface area (Å²) in [5.41, 5.74) is 6.89. The van der Waals surface area contributed by atoms with Crippen LogP contribution in [0.1, 0.15) is 35.2 Å². The van der Waals surface area contributed by atoms with E-state index in [0.29, 0.717) is 24.2 Å². The fourth-order valence-corrected chi connectivity index (χ4v) is 2.67. The van der Waals surface area contributed by atoms with Crippen LogP contribution in [0.25, 0.3) is 0 Å². The number of carbonyl (C=O) groups excluding carboxylic acids is 1. The molecule has 1 amide bonds. The number of carbonyl (C=O) groups is 1. The Morgan fingerprint density at radius 1 is 1.48 bits per heavy atom. The number of rotatable bonds is 3. The number of benzene rings is 1. The first kappa shape index (κ1) is 17.4. The maximum atomic E-state index is 12.6. The minimum absolute atomic E-state index is 0. The van der Waals surface area contributed by atoms with E-state index in [1.807, 2.05) is 0 Å². The van der Waals surface area contributed by atoms with Crippen LogP contribution in [0.15, 0.2) is 18.2 Å². The van der Waals surface area contributed by atoms with E-state index in [2.05, 4.69) is 0 Å². The zero-order chi connectivity index (χ0) is 14.7. The minimum atomic E-state index is -0.454. The number of nitro benzene ring substituents is 1. The third-order valence-electron chi connectivity index (χ3n) is 3.81. The Bertz CT molecular complexity index is 536. The third-order valence-corrected chi connectivity index (χ3v) is 3.81. The number of hydrogen-bond donors (Lipinski definition) is 1. The van der Waals surface area contributed by atoms with E-state index in [-0.39, 0.29) is 30.0 Å². The lowest BCUT2D eigenvalue weighted by molar-refractivity contribution is -0.384. The molecule has 0 saturated carbocycles. The second kappa shape index (κ2) is 7.38. The lowest BCUT2D eigenvalue weighted by Gasteiger charge is -2.35. The molecule has 1 aromatic carbocycles. The summed E-state index contributed by atoms with van der Waals surface area (Å²) in [5, 5.41) is 10.7. The zero-order valence-corrected chi connectivity index (χ0v) is 12.8.